The predicted molar refractivity (Wildman–Crippen MR) is 55.6 cm³/mol. The Morgan fingerprint density at radius 3 is 3.31 bits per heavy atom. The van der Waals surface area contributed by atoms with Gasteiger partial charge in [-0.25, -0.2) is 4.98 Å². The predicted octanol–water partition coefficient (Wildman–Crippen LogP) is 1.87. The summed E-state index contributed by atoms with van der Waals surface area (Å²) in [6.07, 6.45) is 5.56. The number of nitrogens with zero attached hydrogens (tertiary/aromatic N) is 2. The van der Waals surface area contributed by atoms with Crippen LogP contribution in [0.3, 0.4) is 0 Å². The molecule has 3 nitrogen and oxygen atoms in total. The molecule has 1 aromatic heterocycles. The van der Waals surface area contributed by atoms with Crippen LogP contribution in [0.5, 0.6) is 0 Å². The third kappa shape index (κ3) is 1.65. The fourth-order valence-corrected chi connectivity index (χ4v) is 2.53. The Balaban J connectivity index is 2.27. The molecule has 13 heavy (non-hydrogen) atoms. The Kier molecular flexibility index (Phi) is 2.69. The smallest absolute Gasteiger partial charge is 0.177 e. The molecule has 0 amide bonds. The summed E-state index contributed by atoms with van der Waals surface area (Å²) < 4.78 is 3.22. The molecule has 0 fully saturated rings. The Hall–Kier alpha value is -0.350. The summed E-state index contributed by atoms with van der Waals surface area (Å²) in [6.45, 7) is 1.87. The quantitative estimate of drug-likeness (QED) is 0.863. The van der Waals surface area contributed by atoms with Crippen molar-refractivity contribution < 1.29 is 0 Å². The van der Waals surface area contributed by atoms with E-state index in [-0.39, 0.29) is 0 Å². The normalized spacial score (nSPS) is 21.5. The molecule has 0 aliphatic carbocycles. The maximum atomic E-state index is 5.58. The summed E-state index contributed by atoms with van der Waals surface area (Å²) in [4.78, 5) is 4.27. The fraction of sp³-hybridized carbons (Fsp3) is 0.667. The largest absolute Gasteiger partial charge is 0.330 e. The van der Waals surface area contributed by atoms with Gasteiger partial charge in [0.2, 0.25) is 0 Å². The highest BCUT2D eigenvalue weighted by atomic mass is 79.9. The van der Waals surface area contributed by atoms with E-state index in [4.69, 9.17) is 5.73 Å². The van der Waals surface area contributed by atoms with Crippen LogP contribution in [0, 0.1) is 0 Å². The van der Waals surface area contributed by atoms with Gasteiger partial charge in [0.05, 0.1) is 0 Å². The van der Waals surface area contributed by atoms with Gasteiger partial charge in [0.1, 0.15) is 0 Å². The SMILES string of the molecule is NCCC1CCCn2c1cnc2Br. The Morgan fingerprint density at radius 2 is 2.54 bits per heavy atom. The molecule has 72 valence electrons. The van der Waals surface area contributed by atoms with Crippen molar-refractivity contribution in [2.24, 2.45) is 5.73 Å². The molecule has 1 atom stereocenters. The molecule has 0 radical (unpaired) electrons. The molecule has 0 aromatic carbocycles. The van der Waals surface area contributed by atoms with Gasteiger partial charge >= 0.3 is 0 Å². The van der Waals surface area contributed by atoms with E-state index in [9.17, 15) is 0 Å². The third-order valence-electron chi connectivity index (χ3n) is 2.71. The lowest BCUT2D eigenvalue weighted by Crippen LogP contribution is -2.17. The second kappa shape index (κ2) is 3.80. The number of aromatic nitrogens is 2. The minimum absolute atomic E-state index is 0.623. The first-order valence-electron chi connectivity index (χ1n) is 4.74. The van der Waals surface area contributed by atoms with Gasteiger partial charge in [-0.1, -0.05) is 0 Å². The van der Waals surface area contributed by atoms with Gasteiger partial charge in [-0.05, 0) is 41.7 Å². The first-order valence-corrected chi connectivity index (χ1v) is 5.53. The lowest BCUT2D eigenvalue weighted by atomic mass is 9.93. The molecule has 0 spiro atoms. The number of nitrogens with two attached hydrogens (primary N) is 1. The summed E-state index contributed by atoms with van der Waals surface area (Å²) in [7, 11) is 0. The minimum Gasteiger partial charge on any atom is -0.330 e. The van der Waals surface area contributed by atoms with Crippen molar-refractivity contribution >= 4 is 15.9 Å². The third-order valence-corrected chi connectivity index (χ3v) is 3.34. The van der Waals surface area contributed by atoms with Gasteiger partial charge in [-0.15, -0.1) is 0 Å². The Bertz CT molecular complexity index is 295. The Labute approximate surface area is 86.5 Å². The molecule has 2 heterocycles. The molecule has 2 N–H and O–H groups in total. The first kappa shape index (κ1) is 9.21. The molecule has 2 rings (SSSR count). The summed E-state index contributed by atoms with van der Waals surface area (Å²) >= 11 is 3.45. The minimum atomic E-state index is 0.623. The highest BCUT2D eigenvalue weighted by Crippen LogP contribution is 2.31. The van der Waals surface area contributed by atoms with Gasteiger partial charge in [-0.3, -0.25) is 0 Å². The van der Waals surface area contributed by atoms with E-state index < -0.39 is 0 Å². The van der Waals surface area contributed by atoms with Crippen LogP contribution in [0.1, 0.15) is 30.9 Å². The van der Waals surface area contributed by atoms with Crippen LogP contribution in [0.2, 0.25) is 0 Å². The molecule has 0 saturated heterocycles. The van der Waals surface area contributed by atoms with Crippen molar-refractivity contribution in [3.8, 4) is 0 Å². The van der Waals surface area contributed by atoms with E-state index in [1.54, 1.807) is 0 Å². The monoisotopic (exact) mass is 243 g/mol. The maximum absolute atomic E-state index is 5.58. The van der Waals surface area contributed by atoms with Crippen molar-refractivity contribution in [3.05, 3.63) is 16.6 Å². The van der Waals surface area contributed by atoms with Gasteiger partial charge < -0.3 is 10.3 Å². The molecule has 1 aromatic rings. The van der Waals surface area contributed by atoms with Gasteiger partial charge in [0.15, 0.2) is 4.73 Å². The van der Waals surface area contributed by atoms with Crippen LogP contribution < -0.4 is 5.73 Å². The van der Waals surface area contributed by atoms with Crippen molar-refractivity contribution in [3.63, 3.8) is 0 Å². The van der Waals surface area contributed by atoms with Crippen LogP contribution in [0.25, 0.3) is 0 Å². The number of rotatable bonds is 2. The molecule has 1 aliphatic rings. The number of halogens is 1. The molecular formula is C9H14BrN3. The van der Waals surface area contributed by atoms with E-state index in [1.807, 2.05) is 6.20 Å². The topological polar surface area (TPSA) is 43.8 Å². The Morgan fingerprint density at radius 1 is 1.69 bits per heavy atom. The van der Waals surface area contributed by atoms with Crippen LogP contribution in [-0.4, -0.2) is 16.1 Å². The van der Waals surface area contributed by atoms with E-state index in [0.29, 0.717) is 5.92 Å². The lowest BCUT2D eigenvalue weighted by Gasteiger charge is -2.23. The van der Waals surface area contributed by atoms with Crippen molar-refractivity contribution in [2.75, 3.05) is 6.54 Å². The number of fused-ring (bicyclic) bond motifs is 1. The fourth-order valence-electron chi connectivity index (χ4n) is 2.05. The summed E-state index contributed by atoms with van der Waals surface area (Å²) in [6, 6.07) is 0. The van der Waals surface area contributed by atoms with Crippen molar-refractivity contribution in [2.45, 2.75) is 31.7 Å². The molecule has 0 bridgehead atoms. The molecular weight excluding hydrogens is 230 g/mol. The maximum Gasteiger partial charge on any atom is 0.177 e. The van der Waals surface area contributed by atoms with Gasteiger partial charge in [0, 0.05) is 24.4 Å². The molecule has 1 unspecified atom stereocenters. The van der Waals surface area contributed by atoms with Crippen LogP contribution in [0.15, 0.2) is 10.9 Å². The average Bonchev–Trinajstić information content (AvgIpc) is 2.50. The zero-order valence-corrected chi connectivity index (χ0v) is 9.13. The van der Waals surface area contributed by atoms with E-state index in [1.165, 1.54) is 18.5 Å². The van der Waals surface area contributed by atoms with Gasteiger partial charge in [-0.2, -0.15) is 0 Å². The number of hydrogen-bond acceptors (Lipinski definition) is 2. The highest BCUT2D eigenvalue weighted by Gasteiger charge is 2.21. The molecule has 4 heteroatoms. The highest BCUT2D eigenvalue weighted by molar-refractivity contribution is 9.10. The standard InChI is InChI=1S/C9H14BrN3/c10-9-12-6-8-7(3-4-11)2-1-5-13(8)9/h6-7H,1-5,11H2. The van der Waals surface area contributed by atoms with Crippen LogP contribution >= 0.6 is 15.9 Å². The average molecular weight is 244 g/mol. The van der Waals surface area contributed by atoms with Crippen molar-refractivity contribution in [1.29, 1.82) is 0 Å². The van der Waals surface area contributed by atoms with E-state index in [2.05, 4.69) is 25.5 Å². The zero-order valence-electron chi connectivity index (χ0n) is 7.54. The number of hydrogen-bond donors (Lipinski definition) is 1. The summed E-state index contributed by atoms with van der Waals surface area (Å²) in [5, 5.41) is 0. The second-order valence-electron chi connectivity index (χ2n) is 3.52. The molecule has 0 saturated carbocycles. The van der Waals surface area contributed by atoms with Crippen LogP contribution in [0.4, 0.5) is 0 Å². The number of imidazole rings is 1. The summed E-state index contributed by atoms with van der Waals surface area (Å²) in [5.41, 5.74) is 6.93. The molecule has 1 aliphatic heterocycles. The van der Waals surface area contributed by atoms with Crippen molar-refractivity contribution in [1.82, 2.24) is 9.55 Å². The van der Waals surface area contributed by atoms with Crippen LogP contribution in [-0.2, 0) is 6.54 Å². The van der Waals surface area contributed by atoms with E-state index in [0.717, 1.165) is 24.2 Å². The van der Waals surface area contributed by atoms with Gasteiger partial charge in [0.25, 0.3) is 0 Å². The summed E-state index contributed by atoms with van der Waals surface area (Å²) in [5.74, 6) is 0.623. The zero-order chi connectivity index (χ0) is 9.26. The first-order chi connectivity index (χ1) is 6.33. The lowest BCUT2D eigenvalue weighted by molar-refractivity contribution is 0.434. The van der Waals surface area contributed by atoms with E-state index >= 15 is 0 Å². The second-order valence-corrected chi connectivity index (χ2v) is 4.23.